The molecule has 0 radical (unpaired) electrons. The summed E-state index contributed by atoms with van der Waals surface area (Å²) in [4.78, 5) is 0. The summed E-state index contributed by atoms with van der Waals surface area (Å²) in [5.74, 6) is 0. The van der Waals surface area contributed by atoms with Gasteiger partial charge in [0.05, 0.1) is 24.7 Å². The summed E-state index contributed by atoms with van der Waals surface area (Å²) >= 11 is 0. The van der Waals surface area contributed by atoms with Gasteiger partial charge in [-0.1, -0.05) is 30.9 Å². The van der Waals surface area contributed by atoms with Gasteiger partial charge >= 0.3 is 0 Å². The first-order chi connectivity index (χ1) is 7.83. The van der Waals surface area contributed by atoms with E-state index in [0.717, 1.165) is 17.1 Å². The van der Waals surface area contributed by atoms with Crippen molar-refractivity contribution in [3.63, 3.8) is 0 Å². The van der Waals surface area contributed by atoms with E-state index < -0.39 is 0 Å². The highest BCUT2D eigenvalue weighted by Gasteiger charge is 1.95. The molecule has 1 rings (SSSR count). The third-order valence-electron chi connectivity index (χ3n) is 2.16. The van der Waals surface area contributed by atoms with Crippen molar-refractivity contribution in [2.45, 2.75) is 13.5 Å². The first-order valence-corrected chi connectivity index (χ1v) is 5.30. The summed E-state index contributed by atoms with van der Waals surface area (Å²) in [6.07, 6.45) is 11.6. The lowest BCUT2D eigenvalue weighted by molar-refractivity contribution is 0.182. The molecule has 0 spiro atoms. The Kier molecular flexibility index (Phi) is 5.29. The van der Waals surface area contributed by atoms with Gasteiger partial charge in [-0.3, -0.25) is 4.68 Å². The number of ether oxygens (including phenoxy) is 1. The Labute approximate surface area is 96.0 Å². The third-order valence-corrected chi connectivity index (χ3v) is 2.16. The van der Waals surface area contributed by atoms with Crippen molar-refractivity contribution in [3.05, 3.63) is 41.6 Å². The van der Waals surface area contributed by atoms with Gasteiger partial charge in [-0.15, -0.1) is 0 Å². The van der Waals surface area contributed by atoms with Crippen LogP contribution in [0.4, 0.5) is 0 Å². The minimum absolute atomic E-state index is 0.659. The molecule has 3 nitrogen and oxygen atoms in total. The van der Waals surface area contributed by atoms with E-state index in [0.29, 0.717) is 6.61 Å². The van der Waals surface area contributed by atoms with Crippen LogP contribution in [0, 0.1) is 0 Å². The van der Waals surface area contributed by atoms with E-state index in [4.69, 9.17) is 4.74 Å². The summed E-state index contributed by atoms with van der Waals surface area (Å²) in [5.41, 5.74) is 0. The molecule has 1 heterocycles. The second-order valence-electron chi connectivity index (χ2n) is 3.30. The second-order valence-corrected chi connectivity index (χ2v) is 3.30. The summed E-state index contributed by atoms with van der Waals surface area (Å²) < 4.78 is 6.98. The van der Waals surface area contributed by atoms with Crippen molar-refractivity contribution in [1.82, 2.24) is 9.78 Å². The van der Waals surface area contributed by atoms with E-state index >= 15 is 0 Å². The predicted molar refractivity (Wildman–Crippen MR) is 67.3 cm³/mol. The lowest BCUT2D eigenvalue weighted by atomic mass is 10.3. The van der Waals surface area contributed by atoms with Crippen LogP contribution in [0.1, 0.15) is 6.92 Å². The zero-order valence-electron chi connectivity index (χ0n) is 9.89. The number of aromatic nitrogens is 2. The van der Waals surface area contributed by atoms with Gasteiger partial charge in [0.2, 0.25) is 0 Å². The molecule has 1 aromatic heterocycles. The Bertz CT molecular complexity index is 469. The Morgan fingerprint density at radius 2 is 2.31 bits per heavy atom. The molecule has 0 aliphatic rings. The molecule has 0 aromatic carbocycles. The first kappa shape index (κ1) is 12.5. The van der Waals surface area contributed by atoms with Crippen molar-refractivity contribution in [1.29, 1.82) is 0 Å². The molecule has 0 saturated carbocycles. The Hall–Kier alpha value is -1.61. The van der Waals surface area contributed by atoms with Crippen molar-refractivity contribution in [2.75, 3.05) is 13.7 Å². The number of rotatable bonds is 5. The zero-order chi connectivity index (χ0) is 11.8. The molecule has 0 unspecified atom stereocenters. The monoisotopic (exact) mass is 218 g/mol. The van der Waals surface area contributed by atoms with E-state index in [9.17, 15) is 0 Å². The standard InChI is InChI=1S/C13H18N2O/c1-4-6-8-13-12(7-5-2)11-14-15(13)9-10-16-3/h4-8,11H,2,9-10H2,1,3H3/b6-4-,12-7-,13-8+. The van der Waals surface area contributed by atoms with Crippen LogP contribution in [-0.4, -0.2) is 23.5 Å². The molecule has 0 aliphatic carbocycles. The average Bonchev–Trinajstić information content (AvgIpc) is 2.67. The van der Waals surface area contributed by atoms with Crippen LogP contribution in [0.15, 0.2) is 31.0 Å². The molecule has 3 heteroatoms. The highest BCUT2D eigenvalue weighted by molar-refractivity contribution is 5.40. The fourth-order valence-electron chi connectivity index (χ4n) is 1.39. The molecule has 0 bridgehead atoms. The molecule has 0 N–H and O–H groups in total. The molecule has 0 saturated heterocycles. The summed E-state index contributed by atoms with van der Waals surface area (Å²) in [7, 11) is 1.69. The topological polar surface area (TPSA) is 27.1 Å². The number of allylic oxidation sites excluding steroid dienone is 3. The van der Waals surface area contributed by atoms with Gasteiger partial charge < -0.3 is 4.74 Å². The molecule has 0 atom stereocenters. The van der Waals surface area contributed by atoms with Crippen LogP contribution in [0.25, 0.3) is 12.2 Å². The van der Waals surface area contributed by atoms with Gasteiger partial charge in [0, 0.05) is 12.3 Å². The minimum Gasteiger partial charge on any atom is -0.383 e. The second kappa shape index (κ2) is 6.80. The van der Waals surface area contributed by atoms with Crippen LogP contribution in [0.5, 0.6) is 0 Å². The lowest BCUT2D eigenvalue weighted by Gasteiger charge is -1.99. The van der Waals surface area contributed by atoms with Crippen LogP contribution >= 0.6 is 0 Å². The van der Waals surface area contributed by atoms with E-state index in [-0.39, 0.29) is 0 Å². The number of hydrogen-bond acceptors (Lipinski definition) is 2. The van der Waals surface area contributed by atoms with Crippen molar-refractivity contribution >= 4 is 12.2 Å². The maximum Gasteiger partial charge on any atom is 0.0683 e. The Morgan fingerprint density at radius 1 is 1.50 bits per heavy atom. The SMILES string of the molecule is C=C/C=c1/cnn(CCOC)/c1=C/C=C\C. The molecule has 16 heavy (non-hydrogen) atoms. The van der Waals surface area contributed by atoms with E-state index in [2.05, 4.69) is 11.7 Å². The maximum absolute atomic E-state index is 5.05. The van der Waals surface area contributed by atoms with Crippen LogP contribution in [0.3, 0.4) is 0 Å². The van der Waals surface area contributed by atoms with Crippen LogP contribution in [0.2, 0.25) is 0 Å². The number of hydrogen-bond donors (Lipinski definition) is 0. The van der Waals surface area contributed by atoms with Gasteiger partial charge in [0.25, 0.3) is 0 Å². The fourth-order valence-corrected chi connectivity index (χ4v) is 1.39. The van der Waals surface area contributed by atoms with E-state index in [1.165, 1.54) is 0 Å². The molecular formula is C13H18N2O. The number of nitrogens with zero attached hydrogens (tertiary/aromatic N) is 2. The van der Waals surface area contributed by atoms with Crippen molar-refractivity contribution in [3.8, 4) is 0 Å². The van der Waals surface area contributed by atoms with Gasteiger partial charge in [0.15, 0.2) is 0 Å². The molecule has 0 fully saturated rings. The first-order valence-electron chi connectivity index (χ1n) is 5.30. The Morgan fingerprint density at radius 3 is 2.94 bits per heavy atom. The molecule has 1 aromatic rings. The molecule has 86 valence electrons. The summed E-state index contributed by atoms with van der Waals surface area (Å²) in [6, 6.07) is 0. The smallest absolute Gasteiger partial charge is 0.0683 e. The fraction of sp³-hybridized carbons (Fsp3) is 0.308. The van der Waals surface area contributed by atoms with Gasteiger partial charge in [-0.05, 0) is 13.0 Å². The summed E-state index contributed by atoms with van der Waals surface area (Å²) in [6.45, 7) is 7.10. The number of methoxy groups -OCH3 is 1. The normalized spacial score (nSPS) is 13.9. The summed E-state index contributed by atoms with van der Waals surface area (Å²) in [5, 5.41) is 6.47. The van der Waals surface area contributed by atoms with E-state index in [1.807, 2.05) is 42.1 Å². The van der Waals surface area contributed by atoms with Crippen molar-refractivity contribution < 1.29 is 4.74 Å². The van der Waals surface area contributed by atoms with Crippen LogP contribution in [-0.2, 0) is 11.3 Å². The van der Waals surface area contributed by atoms with Crippen molar-refractivity contribution in [2.24, 2.45) is 0 Å². The molecule has 0 amide bonds. The van der Waals surface area contributed by atoms with Gasteiger partial charge in [-0.2, -0.15) is 5.10 Å². The maximum atomic E-state index is 5.05. The minimum atomic E-state index is 0.659. The van der Waals surface area contributed by atoms with E-state index in [1.54, 1.807) is 13.2 Å². The highest BCUT2D eigenvalue weighted by atomic mass is 16.5. The van der Waals surface area contributed by atoms with Gasteiger partial charge in [0.1, 0.15) is 0 Å². The lowest BCUT2D eigenvalue weighted by Crippen LogP contribution is -2.30. The average molecular weight is 218 g/mol. The largest absolute Gasteiger partial charge is 0.383 e. The van der Waals surface area contributed by atoms with Crippen LogP contribution < -0.4 is 10.6 Å². The molecular weight excluding hydrogens is 200 g/mol. The predicted octanol–water partition coefficient (Wildman–Crippen LogP) is 0.853. The Balaban J connectivity index is 3.19. The third kappa shape index (κ3) is 3.21. The quantitative estimate of drug-likeness (QED) is 0.732. The van der Waals surface area contributed by atoms with Gasteiger partial charge in [-0.25, -0.2) is 0 Å². The molecule has 0 aliphatic heterocycles. The highest BCUT2D eigenvalue weighted by Crippen LogP contribution is 1.78. The zero-order valence-corrected chi connectivity index (χ0v) is 9.89.